The van der Waals surface area contributed by atoms with Crippen LogP contribution >= 0.6 is 8.46 Å². The van der Waals surface area contributed by atoms with E-state index in [0.29, 0.717) is 23.4 Å². The Balaban J connectivity index is 1.42. The van der Waals surface area contributed by atoms with Crippen LogP contribution in [0.2, 0.25) is 0 Å². The molecule has 0 aliphatic heterocycles. The minimum atomic E-state index is -0.890. The molecule has 2 amide bonds. The number of fused-ring (bicyclic) bond motifs is 2. The van der Waals surface area contributed by atoms with Crippen LogP contribution in [0.5, 0.6) is 0 Å². The molecule has 0 saturated carbocycles. The van der Waals surface area contributed by atoms with Gasteiger partial charge < -0.3 is 10.6 Å². The molecule has 0 spiro atoms. The molecule has 0 heterocycles. The maximum atomic E-state index is 13.5. The number of anilines is 1. The summed E-state index contributed by atoms with van der Waals surface area (Å²) in [5.41, 5.74) is 2.01. The lowest BCUT2D eigenvalue weighted by Crippen LogP contribution is -2.20. The van der Waals surface area contributed by atoms with Crippen LogP contribution < -0.4 is 10.6 Å². The molecule has 1 atom stereocenters. The Hall–Kier alpha value is -4.60. The van der Waals surface area contributed by atoms with E-state index in [0.717, 1.165) is 27.1 Å². The van der Waals surface area contributed by atoms with Crippen LogP contribution in [0.15, 0.2) is 115 Å². The van der Waals surface area contributed by atoms with Gasteiger partial charge >= 0.3 is 0 Å². The van der Waals surface area contributed by atoms with Crippen molar-refractivity contribution in [1.82, 2.24) is 5.32 Å². The predicted octanol–water partition coefficient (Wildman–Crippen LogP) is 7.29. The fraction of sp³-hybridized carbons (Fsp3) is 0.0625. The normalized spacial score (nSPS) is 12.1. The number of amides is 2. The number of hydrogen-bond acceptors (Lipinski definition) is 3. The van der Waals surface area contributed by atoms with Crippen LogP contribution in [0, 0.1) is 0 Å². The Morgan fingerprint density at radius 2 is 1.42 bits per heavy atom. The van der Waals surface area contributed by atoms with E-state index >= 15 is 0 Å². The van der Waals surface area contributed by atoms with Crippen molar-refractivity contribution in [2.45, 2.75) is 12.2 Å². The van der Waals surface area contributed by atoms with E-state index < -0.39 is 11.6 Å². The molecule has 0 saturated heterocycles. The average Bonchev–Trinajstić information content (AvgIpc) is 2.96. The third-order valence-electron chi connectivity index (χ3n) is 6.37. The summed E-state index contributed by atoms with van der Waals surface area (Å²) in [6.07, 6.45) is 3.14. The summed E-state index contributed by atoms with van der Waals surface area (Å²) in [5.74, 6) is -0.637. The van der Waals surface area contributed by atoms with Crippen LogP contribution in [0.25, 0.3) is 27.6 Å². The zero-order valence-electron chi connectivity index (χ0n) is 20.5. The van der Waals surface area contributed by atoms with Crippen molar-refractivity contribution in [2.24, 2.45) is 0 Å². The molecule has 5 aromatic carbocycles. The van der Waals surface area contributed by atoms with E-state index in [4.69, 9.17) is 0 Å². The first-order valence-corrected chi connectivity index (χ1v) is 13.1. The Labute approximate surface area is 222 Å². The Kier molecular flexibility index (Phi) is 7.67. The van der Waals surface area contributed by atoms with E-state index in [1.165, 1.54) is 6.08 Å². The van der Waals surface area contributed by atoms with Crippen LogP contribution in [-0.4, -0.2) is 11.8 Å². The van der Waals surface area contributed by atoms with Crippen LogP contribution in [0.4, 0.5) is 5.69 Å². The van der Waals surface area contributed by atoms with Crippen molar-refractivity contribution in [3.05, 3.63) is 132 Å². The van der Waals surface area contributed by atoms with Gasteiger partial charge in [-0.05, 0) is 56.4 Å². The third kappa shape index (κ3) is 5.69. The lowest BCUT2D eigenvalue weighted by atomic mass is 10.0. The van der Waals surface area contributed by atoms with Gasteiger partial charge in [0.25, 0.3) is 0 Å². The molecule has 6 heteroatoms. The minimum Gasteiger partial charge on any atom is -0.348 e. The van der Waals surface area contributed by atoms with Crippen LogP contribution in [0.1, 0.15) is 22.3 Å². The molecule has 0 fully saturated rings. The molecule has 38 heavy (non-hydrogen) atoms. The zero-order valence-corrected chi connectivity index (χ0v) is 21.4. The Morgan fingerprint density at radius 1 is 0.763 bits per heavy atom. The van der Waals surface area contributed by atoms with Crippen LogP contribution in [-0.2, 0) is 20.7 Å². The number of carbonyl (C=O) groups excluding carboxylic acids is 2. The number of rotatable bonds is 8. The second kappa shape index (κ2) is 11.6. The Morgan fingerprint density at radius 3 is 2.18 bits per heavy atom. The highest BCUT2D eigenvalue weighted by Gasteiger charge is 2.24. The molecule has 0 aliphatic carbocycles. The monoisotopic (exact) mass is 516 g/mol. The van der Waals surface area contributed by atoms with E-state index in [1.54, 1.807) is 6.08 Å². The summed E-state index contributed by atoms with van der Waals surface area (Å²) in [6, 6.07) is 34.6. The zero-order chi connectivity index (χ0) is 26.3. The summed E-state index contributed by atoms with van der Waals surface area (Å²) >= 11 is 0. The highest BCUT2D eigenvalue weighted by atomic mass is 31.1. The topological polar surface area (TPSA) is 75.3 Å². The SMILES string of the molecule is O=PC(C(=O)Nc1cc2ccccc2cc1/C=C/C(=O)NCc1ccccc1)c1cccc2ccccc12. The van der Waals surface area contributed by atoms with Gasteiger partial charge in [0.1, 0.15) is 5.66 Å². The predicted molar refractivity (Wildman–Crippen MR) is 154 cm³/mol. The summed E-state index contributed by atoms with van der Waals surface area (Å²) in [6.45, 7) is 0.417. The molecule has 2 N–H and O–H groups in total. The summed E-state index contributed by atoms with van der Waals surface area (Å²) in [4.78, 5) is 26.0. The van der Waals surface area contributed by atoms with Crippen molar-refractivity contribution in [3.8, 4) is 0 Å². The van der Waals surface area contributed by atoms with E-state index in [1.807, 2.05) is 109 Å². The van der Waals surface area contributed by atoms with Gasteiger partial charge in [0.2, 0.25) is 11.8 Å². The molecule has 0 bridgehead atoms. The van der Waals surface area contributed by atoms with Crippen molar-refractivity contribution < 1.29 is 14.2 Å². The molecule has 0 aliphatic rings. The largest absolute Gasteiger partial charge is 0.348 e. The Bertz CT molecular complexity index is 1660. The van der Waals surface area contributed by atoms with E-state index in [9.17, 15) is 14.2 Å². The maximum absolute atomic E-state index is 13.5. The first kappa shape index (κ1) is 25.1. The van der Waals surface area contributed by atoms with Crippen molar-refractivity contribution >= 4 is 53.6 Å². The molecule has 186 valence electrons. The molecule has 5 nitrogen and oxygen atoms in total. The molecular weight excluding hydrogens is 491 g/mol. The average molecular weight is 517 g/mol. The molecule has 5 rings (SSSR count). The molecule has 5 aromatic rings. The van der Waals surface area contributed by atoms with E-state index in [-0.39, 0.29) is 14.4 Å². The molecule has 0 radical (unpaired) electrons. The second-order valence-corrected chi connectivity index (χ2v) is 9.62. The van der Waals surface area contributed by atoms with Gasteiger partial charge in [0.05, 0.1) is 0 Å². The minimum absolute atomic E-state index is 0.244. The van der Waals surface area contributed by atoms with Crippen LogP contribution in [0.3, 0.4) is 0 Å². The van der Waals surface area contributed by atoms with Gasteiger partial charge in [0.15, 0.2) is 8.46 Å². The highest BCUT2D eigenvalue weighted by molar-refractivity contribution is 7.26. The molecule has 1 unspecified atom stereocenters. The number of hydrogen-bond donors (Lipinski definition) is 2. The summed E-state index contributed by atoms with van der Waals surface area (Å²) in [5, 5.41) is 9.62. The first-order valence-electron chi connectivity index (χ1n) is 12.3. The third-order valence-corrected chi connectivity index (χ3v) is 7.09. The number of benzene rings is 5. The summed E-state index contributed by atoms with van der Waals surface area (Å²) in [7, 11) is -0.304. The first-order chi connectivity index (χ1) is 18.6. The summed E-state index contributed by atoms with van der Waals surface area (Å²) < 4.78 is 12.3. The number of carbonyl (C=O) groups is 2. The molecule has 0 aromatic heterocycles. The van der Waals surface area contributed by atoms with Gasteiger partial charge in [-0.25, -0.2) is 0 Å². The highest BCUT2D eigenvalue weighted by Crippen LogP contribution is 2.35. The van der Waals surface area contributed by atoms with Gasteiger partial charge in [-0.2, -0.15) is 0 Å². The van der Waals surface area contributed by atoms with Crippen molar-refractivity contribution in [1.29, 1.82) is 0 Å². The van der Waals surface area contributed by atoms with Gasteiger partial charge in [-0.1, -0.05) is 97.1 Å². The van der Waals surface area contributed by atoms with Gasteiger partial charge in [0, 0.05) is 18.3 Å². The van der Waals surface area contributed by atoms with Crippen molar-refractivity contribution in [3.63, 3.8) is 0 Å². The van der Waals surface area contributed by atoms with Crippen molar-refractivity contribution in [2.75, 3.05) is 5.32 Å². The quantitative estimate of drug-likeness (QED) is 0.168. The fourth-order valence-electron chi connectivity index (χ4n) is 4.45. The smallest absolute Gasteiger partial charge is 0.244 e. The lowest BCUT2D eigenvalue weighted by Gasteiger charge is -2.15. The van der Waals surface area contributed by atoms with Gasteiger partial charge in [-0.15, -0.1) is 0 Å². The molecular formula is C32H25N2O3P. The maximum Gasteiger partial charge on any atom is 0.244 e. The number of nitrogens with one attached hydrogen (secondary N) is 2. The fourth-order valence-corrected chi connectivity index (χ4v) is 4.95. The standard InChI is InChI=1S/C32H25N2O3P/c35-30(33-21-22-9-2-1-3-10-22)18-17-26-19-24-12-4-5-13-25(24)20-29(26)34-32(36)31(38-37)28-16-8-14-23-11-6-7-15-27(23)28/h1-20,31H,21H2,(H,33,35)(H,34,36)/b18-17+. The van der Waals surface area contributed by atoms with E-state index in [2.05, 4.69) is 10.6 Å². The second-order valence-electron chi connectivity index (χ2n) is 8.89. The van der Waals surface area contributed by atoms with Gasteiger partial charge in [-0.3, -0.25) is 14.2 Å². The lowest BCUT2D eigenvalue weighted by molar-refractivity contribution is -0.117.